The summed E-state index contributed by atoms with van der Waals surface area (Å²) in [7, 11) is 0. The highest BCUT2D eigenvalue weighted by molar-refractivity contribution is 6.33. The highest BCUT2D eigenvalue weighted by atomic mass is 35.5. The summed E-state index contributed by atoms with van der Waals surface area (Å²) in [6, 6.07) is 9.04. The van der Waals surface area contributed by atoms with Gasteiger partial charge in [-0.05, 0) is 35.7 Å². The van der Waals surface area contributed by atoms with Gasteiger partial charge in [-0.2, -0.15) is 0 Å². The summed E-state index contributed by atoms with van der Waals surface area (Å²) in [4.78, 5) is 15.4. The molecule has 0 bridgehead atoms. The van der Waals surface area contributed by atoms with Crippen LogP contribution in [0.4, 0.5) is 0 Å². The van der Waals surface area contributed by atoms with E-state index in [1.54, 1.807) is 12.1 Å². The molecule has 0 amide bonds. The molecular formula is C15H14ClNO2. The van der Waals surface area contributed by atoms with Gasteiger partial charge in [-0.25, -0.2) is 4.79 Å². The van der Waals surface area contributed by atoms with Gasteiger partial charge in [0.05, 0.1) is 10.6 Å². The predicted molar refractivity (Wildman–Crippen MR) is 74.8 cm³/mol. The van der Waals surface area contributed by atoms with Gasteiger partial charge in [0.2, 0.25) is 0 Å². The van der Waals surface area contributed by atoms with E-state index in [0.29, 0.717) is 6.42 Å². The molecule has 0 aliphatic carbocycles. The van der Waals surface area contributed by atoms with Gasteiger partial charge in [-0.1, -0.05) is 30.7 Å². The summed E-state index contributed by atoms with van der Waals surface area (Å²) in [5, 5.41) is 9.28. The van der Waals surface area contributed by atoms with Crippen LogP contribution in [-0.2, 0) is 12.8 Å². The molecule has 1 aromatic carbocycles. The molecule has 0 atom stereocenters. The van der Waals surface area contributed by atoms with Crippen molar-refractivity contribution in [2.45, 2.75) is 19.8 Å². The van der Waals surface area contributed by atoms with Crippen LogP contribution < -0.4 is 0 Å². The predicted octanol–water partition coefficient (Wildman–Crippen LogP) is 3.59. The summed E-state index contributed by atoms with van der Waals surface area (Å²) < 4.78 is 0. The zero-order chi connectivity index (χ0) is 13.8. The Morgan fingerprint density at radius 3 is 2.58 bits per heavy atom. The van der Waals surface area contributed by atoms with E-state index in [1.165, 1.54) is 5.56 Å². The molecule has 2 aromatic rings. The van der Waals surface area contributed by atoms with Gasteiger partial charge in [0, 0.05) is 18.3 Å². The number of carbonyl (C=O) groups is 1. The average Bonchev–Trinajstić information content (AvgIpc) is 2.41. The lowest BCUT2D eigenvalue weighted by atomic mass is 10.1. The average molecular weight is 276 g/mol. The van der Waals surface area contributed by atoms with Crippen LogP contribution in [0.1, 0.15) is 34.1 Å². The fourth-order valence-electron chi connectivity index (χ4n) is 1.82. The number of pyridine rings is 1. The highest BCUT2D eigenvalue weighted by Crippen LogP contribution is 2.19. The molecule has 19 heavy (non-hydrogen) atoms. The number of hydrogen-bond acceptors (Lipinski definition) is 2. The van der Waals surface area contributed by atoms with Crippen molar-refractivity contribution in [3.8, 4) is 0 Å². The number of benzene rings is 1. The fourth-order valence-corrected chi connectivity index (χ4v) is 2.02. The molecular weight excluding hydrogens is 262 g/mol. The Kier molecular flexibility index (Phi) is 4.17. The molecule has 1 heterocycles. The van der Waals surface area contributed by atoms with Crippen molar-refractivity contribution in [2.24, 2.45) is 0 Å². The zero-order valence-corrected chi connectivity index (χ0v) is 11.3. The largest absolute Gasteiger partial charge is 0.478 e. The third-order valence-corrected chi connectivity index (χ3v) is 3.27. The Labute approximate surface area is 116 Å². The Balaban J connectivity index is 2.22. The van der Waals surface area contributed by atoms with Crippen molar-refractivity contribution in [3.63, 3.8) is 0 Å². The second kappa shape index (κ2) is 5.85. The second-order valence-electron chi connectivity index (χ2n) is 4.31. The lowest BCUT2D eigenvalue weighted by Crippen LogP contribution is -2.00. The van der Waals surface area contributed by atoms with E-state index in [2.05, 4.69) is 11.9 Å². The molecule has 0 saturated carbocycles. The molecule has 1 N–H and O–H groups in total. The van der Waals surface area contributed by atoms with Gasteiger partial charge < -0.3 is 5.11 Å². The Morgan fingerprint density at radius 2 is 2.00 bits per heavy atom. The zero-order valence-electron chi connectivity index (χ0n) is 10.6. The lowest BCUT2D eigenvalue weighted by Gasteiger charge is -2.05. The molecule has 0 aliphatic rings. The number of aromatic nitrogens is 1. The van der Waals surface area contributed by atoms with Crippen LogP contribution in [0.5, 0.6) is 0 Å². The lowest BCUT2D eigenvalue weighted by molar-refractivity contribution is 0.0697. The third-order valence-electron chi connectivity index (χ3n) is 2.94. The number of carboxylic acids is 1. The third kappa shape index (κ3) is 3.32. The van der Waals surface area contributed by atoms with Crippen LogP contribution in [0.15, 0.2) is 36.5 Å². The van der Waals surface area contributed by atoms with Crippen LogP contribution in [0.3, 0.4) is 0 Å². The monoisotopic (exact) mass is 275 g/mol. The van der Waals surface area contributed by atoms with E-state index in [4.69, 9.17) is 16.7 Å². The van der Waals surface area contributed by atoms with Crippen LogP contribution in [-0.4, -0.2) is 16.1 Å². The van der Waals surface area contributed by atoms with Crippen molar-refractivity contribution >= 4 is 17.6 Å². The number of hydrogen-bond donors (Lipinski definition) is 1. The minimum atomic E-state index is -1.01. The summed E-state index contributed by atoms with van der Waals surface area (Å²) in [6.45, 7) is 2.08. The molecule has 0 fully saturated rings. The first kappa shape index (κ1) is 13.6. The van der Waals surface area contributed by atoms with Crippen LogP contribution in [0, 0.1) is 0 Å². The van der Waals surface area contributed by atoms with Gasteiger partial charge >= 0.3 is 5.97 Å². The Bertz CT molecular complexity index is 594. The highest BCUT2D eigenvalue weighted by Gasteiger charge is 2.09. The smallest absolute Gasteiger partial charge is 0.337 e. The number of nitrogens with zero attached hydrogens (tertiary/aromatic N) is 1. The van der Waals surface area contributed by atoms with Crippen molar-refractivity contribution in [1.29, 1.82) is 0 Å². The molecule has 4 heteroatoms. The molecule has 3 nitrogen and oxygen atoms in total. The van der Waals surface area contributed by atoms with E-state index >= 15 is 0 Å². The van der Waals surface area contributed by atoms with E-state index in [-0.39, 0.29) is 10.6 Å². The summed E-state index contributed by atoms with van der Waals surface area (Å²) in [6.07, 6.45) is 3.40. The molecule has 98 valence electrons. The molecule has 0 unspecified atom stereocenters. The van der Waals surface area contributed by atoms with E-state index in [0.717, 1.165) is 17.7 Å². The van der Waals surface area contributed by atoms with Gasteiger partial charge in [0.1, 0.15) is 0 Å². The van der Waals surface area contributed by atoms with Gasteiger partial charge in [-0.15, -0.1) is 0 Å². The minimum absolute atomic E-state index is 0.129. The Hall–Kier alpha value is -1.87. The van der Waals surface area contributed by atoms with Gasteiger partial charge in [0.15, 0.2) is 0 Å². The Morgan fingerprint density at radius 1 is 1.26 bits per heavy atom. The number of carboxylic acid groups (broad SMARTS) is 1. The minimum Gasteiger partial charge on any atom is -0.478 e. The summed E-state index contributed by atoms with van der Waals surface area (Å²) in [5.41, 5.74) is 3.12. The fraction of sp³-hybridized carbons (Fsp3) is 0.200. The first-order valence-corrected chi connectivity index (χ1v) is 6.43. The van der Waals surface area contributed by atoms with Crippen LogP contribution in [0.25, 0.3) is 0 Å². The SMILES string of the molecule is CCc1ccc(Cc2ccc(Cl)c(C(=O)O)c2)nc1. The molecule has 0 spiro atoms. The van der Waals surface area contributed by atoms with Crippen molar-refractivity contribution in [1.82, 2.24) is 4.98 Å². The second-order valence-corrected chi connectivity index (χ2v) is 4.71. The normalized spacial score (nSPS) is 10.4. The number of aromatic carboxylic acids is 1. The molecule has 1 aromatic heterocycles. The maximum atomic E-state index is 11.0. The molecule has 0 aliphatic heterocycles. The topological polar surface area (TPSA) is 50.2 Å². The summed E-state index contributed by atoms with van der Waals surface area (Å²) >= 11 is 5.84. The first-order chi connectivity index (χ1) is 9.10. The number of rotatable bonds is 4. The van der Waals surface area contributed by atoms with Crippen molar-refractivity contribution in [3.05, 3.63) is 63.9 Å². The molecule has 0 radical (unpaired) electrons. The van der Waals surface area contributed by atoms with Crippen molar-refractivity contribution in [2.75, 3.05) is 0 Å². The van der Waals surface area contributed by atoms with Crippen molar-refractivity contribution < 1.29 is 9.90 Å². The van der Waals surface area contributed by atoms with Crippen LogP contribution in [0.2, 0.25) is 5.02 Å². The molecule has 2 rings (SSSR count). The van der Waals surface area contributed by atoms with E-state index in [1.807, 2.05) is 24.4 Å². The van der Waals surface area contributed by atoms with Gasteiger partial charge in [0.25, 0.3) is 0 Å². The maximum Gasteiger partial charge on any atom is 0.337 e. The van der Waals surface area contributed by atoms with E-state index < -0.39 is 5.97 Å². The van der Waals surface area contributed by atoms with Crippen LogP contribution >= 0.6 is 11.6 Å². The quantitative estimate of drug-likeness (QED) is 0.928. The summed E-state index contributed by atoms with van der Waals surface area (Å²) in [5.74, 6) is -1.01. The van der Waals surface area contributed by atoms with Gasteiger partial charge in [-0.3, -0.25) is 4.98 Å². The van der Waals surface area contributed by atoms with E-state index in [9.17, 15) is 4.79 Å². The molecule has 0 saturated heterocycles. The number of aryl methyl sites for hydroxylation is 1. The maximum absolute atomic E-state index is 11.0. The standard InChI is InChI=1S/C15H14ClNO2/c1-2-10-3-5-12(17-9-10)7-11-4-6-14(16)13(8-11)15(18)19/h3-6,8-9H,2,7H2,1H3,(H,18,19). The first-order valence-electron chi connectivity index (χ1n) is 6.05. The number of halogens is 1.